The number of furan rings is 2. The van der Waals surface area contributed by atoms with Gasteiger partial charge in [0, 0.05) is 52.8 Å². The average molecular weight is 626 g/mol. The molecule has 47 heavy (non-hydrogen) atoms. The first-order valence-electron chi connectivity index (χ1n) is 16.4. The smallest absolute Gasteiger partial charge is 0.143 e. The summed E-state index contributed by atoms with van der Waals surface area (Å²) in [5, 5.41) is 6.92. The fraction of sp³-hybridized carbons (Fsp3) is 0.116. The zero-order chi connectivity index (χ0) is 31.1. The standard InChI is InChI=1S/C43H31NO2S/c44-43(26-12-2-1-3-13-26,35-22-10-20-32-27-14-5-7-25-38(27)47-42(32)35)34-21-9-19-31-30-18-8-17-29(40(30)46-41(31)34)28-16-11-24-37-39(28)33-15-4-6-23-36(33)45-37/h4-12,14-25H,1-3,13,44H2. The Morgan fingerprint density at radius 1 is 0.553 bits per heavy atom. The quantitative estimate of drug-likeness (QED) is 0.198. The molecule has 1 aliphatic rings. The molecule has 1 atom stereocenters. The van der Waals surface area contributed by atoms with Crippen molar-refractivity contribution in [1.82, 2.24) is 0 Å². The molecular formula is C43H31NO2S. The first kappa shape index (κ1) is 27.0. The lowest BCUT2D eigenvalue weighted by Crippen LogP contribution is -2.41. The summed E-state index contributed by atoms with van der Waals surface area (Å²) in [5.74, 6) is 0. The van der Waals surface area contributed by atoms with E-state index in [0.29, 0.717) is 0 Å². The van der Waals surface area contributed by atoms with E-state index in [1.165, 1.54) is 32.2 Å². The van der Waals surface area contributed by atoms with E-state index in [0.717, 1.165) is 85.4 Å². The minimum absolute atomic E-state index is 0.852. The molecule has 0 fully saturated rings. The molecule has 0 saturated carbocycles. The molecule has 10 rings (SSSR count). The molecule has 1 aliphatic carbocycles. The molecule has 0 spiro atoms. The molecule has 0 aliphatic heterocycles. The Kier molecular flexibility index (Phi) is 5.84. The summed E-state index contributed by atoms with van der Waals surface area (Å²) in [5.41, 5.74) is 16.1. The number of thiophene rings is 1. The molecule has 3 nitrogen and oxygen atoms in total. The number of benzene rings is 6. The van der Waals surface area contributed by atoms with Gasteiger partial charge in [-0.3, -0.25) is 0 Å². The predicted molar refractivity (Wildman–Crippen MR) is 197 cm³/mol. The van der Waals surface area contributed by atoms with Gasteiger partial charge in [0.25, 0.3) is 0 Å². The minimum atomic E-state index is -0.852. The van der Waals surface area contributed by atoms with Gasteiger partial charge in [0.1, 0.15) is 22.3 Å². The Hall–Kier alpha value is -5.16. The van der Waals surface area contributed by atoms with Gasteiger partial charge in [-0.2, -0.15) is 0 Å². The van der Waals surface area contributed by atoms with Crippen LogP contribution in [0.2, 0.25) is 0 Å². The molecule has 3 aromatic heterocycles. The maximum Gasteiger partial charge on any atom is 0.143 e. The maximum absolute atomic E-state index is 7.93. The average Bonchev–Trinajstić information content (AvgIpc) is 3.83. The third-order valence-corrected chi connectivity index (χ3v) is 11.5. The number of fused-ring (bicyclic) bond motifs is 9. The second-order valence-electron chi connectivity index (χ2n) is 12.8. The molecule has 6 aromatic carbocycles. The highest BCUT2D eigenvalue weighted by molar-refractivity contribution is 7.26. The first-order chi connectivity index (χ1) is 23.2. The van der Waals surface area contributed by atoms with Crippen LogP contribution in [-0.2, 0) is 5.54 Å². The summed E-state index contributed by atoms with van der Waals surface area (Å²) in [6, 6.07) is 42.9. The van der Waals surface area contributed by atoms with Crippen LogP contribution in [0.15, 0.2) is 142 Å². The summed E-state index contributed by atoms with van der Waals surface area (Å²) in [6.07, 6.45) is 6.73. The van der Waals surface area contributed by atoms with Crippen molar-refractivity contribution in [3.63, 3.8) is 0 Å². The molecule has 2 N–H and O–H groups in total. The van der Waals surface area contributed by atoms with Crippen LogP contribution in [0.4, 0.5) is 0 Å². The third kappa shape index (κ3) is 3.83. The van der Waals surface area contributed by atoms with Crippen molar-refractivity contribution in [1.29, 1.82) is 0 Å². The lowest BCUT2D eigenvalue weighted by atomic mass is 9.73. The zero-order valence-electron chi connectivity index (χ0n) is 25.8. The van der Waals surface area contributed by atoms with Crippen molar-refractivity contribution in [3.05, 3.63) is 144 Å². The van der Waals surface area contributed by atoms with E-state index in [-0.39, 0.29) is 0 Å². The number of rotatable bonds is 4. The molecule has 0 amide bonds. The van der Waals surface area contributed by atoms with Gasteiger partial charge in [-0.15, -0.1) is 11.3 Å². The van der Waals surface area contributed by atoms with Crippen LogP contribution in [0.25, 0.3) is 75.2 Å². The highest BCUT2D eigenvalue weighted by Gasteiger charge is 2.39. The van der Waals surface area contributed by atoms with Crippen LogP contribution in [-0.4, -0.2) is 0 Å². The molecule has 0 radical (unpaired) electrons. The van der Waals surface area contributed by atoms with E-state index in [4.69, 9.17) is 14.6 Å². The fourth-order valence-corrected chi connectivity index (χ4v) is 9.37. The van der Waals surface area contributed by atoms with Crippen molar-refractivity contribution in [3.8, 4) is 11.1 Å². The lowest BCUT2D eigenvalue weighted by Gasteiger charge is -2.35. The van der Waals surface area contributed by atoms with Gasteiger partial charge in [0.05, 0.1) is 5.54 Å². The van der Waals surface area contributed by atoms with E-state index in [9.17, 15) is 0 Å². The Morgan fingerprint density at radius 3 is 2.11 bits per heavy atom. The topological polar surface area (TPSA) is 52.3 Å². The van der Waals surface area contributed by atoms with E-state index in [2.05, 4.69) is 109 Å². The van der Waals surface area contributed by atoms with Crippen LogP contribution < -0.4 is 5.73 Å². The predicted octanol–water partition coefficient (Wildman–Crippen LogP) is 12.2. The number of hydrogen-bond donors (Lipinski definition) is 1. The van der Waals surface area contributed by atoms with Crippen molar-refractivity contribution < 1.29 is 8.83 Å². The lowest BCUT2D eigenvalue weighted by molar-refractivity contribution is 0.553. The van der Waals surface area contributed by atoms with Crippen molar-refractivity contribution in [2.24, 2.45) is 5.73 Å². The maximum atomic E-state index is 7.93. The van der Waals surface area contributed by atoms with Gasteiger partial charge in [0.2, 0.25) is 0 Å². The highest BCUT2D eigenvalue weighted by atomic mass is 32.1. The molecule has 9 aromatic rings. The van der Waals surface area contributed by atoms with Crippen LogP contribution in [0.1, 0.15) is 36.8 Å². The third-order valence-electron chi connectivity index (χ3n) is 10.3. The molecule has 4 heteroatoms. The number of hydrogen-bond acceptors (Lipinski definition) is 4. The Balaban J connectivity index is 1.27. The zero-order valence-corrected chi connectivity index (χ0v) is 26.6. The Bertz CT molecular complexity index is 2720. The van der Waals surface area contributed by atoms with Crippen LogP contribution in [0.5, 0.6) is 0 Å². The summed E-state index contributed by atoms with van der Waals surface area (Å²) in [4.78, 5) is 0. The van der Waals surface area contributed by atoms with Gasteiger partial charge >= 0.3 is 0 Å². The van der Waals surface area contributed by atoms with E-state index >= 15 is 0 Å². The minimum Gasteiger partial charge on any atom is -0.456 e. The summed E-state index contributed by atoms with van der Waals surface area (Å²) < 4.78 is 15.9. The van der Waals surface area contributed by atoms with Gasteiger partial charge in [0.15, 0.2) is 0 Å². The van der Waals surface area contributed by atoms with Crippen LogP contribution >= 0.6 is 11.3 Å². The normalized spacial score (nSPS) is 15.3. The van der Waals surface area contributed by atoms with Crippen molar-refractivity contribution in [2.45, 2.75) is 31.2 Å². The van der Waals surface area contributed by atoms with Gasteiger partial charge < -0.3 is 14.6 Å². The summed E-state index contributed by atoms with van der Waals surface area (Å²) in [7, 11) is 0. The molecular weight excluding hydrogens is 595 g/mol. The van der Waals surface area contributed by atoms with E-state index < -0.39 is 5.54 Å². The molecule has 0 saturated heterocycles. The van der Waals surface area contributed by atoms with Crippen LogP contribution in [0, 0.1) is 0 Å². The highest BCUT2D eigenvalue weighted by Crippen LogP contribution is 2.49. The fourth-order valence-electron chi connectivity index (χ4n) is 8.09. The SMILES string of the molecule is NC(C1=CCCCC1)(c1cccc2c1oc1c(-c3cccc4oc5ccccc5c34)cccc12)c1cccc2c1sc1ccccc12. The van der Waals surface area contributed by atoms with E-state index in [1.54, 1.807) is 0 Å². The van der Waals surface area contributed by atoms with Crippen molar-refractivity contribution >= 4 is 75.4 Å². The van der Waals surface area contributed by atoms with Gasteiger partial charge in [-0.05, 0) is 60.6 Å². The van der Waals surface area contributed by atoms with Gasteiger partial charge in [-0.1, -0.05) is 109 Å². The molecule has 0 bridgehead atoms. The van der Waals surface area contributed by atoms with E-state index in [1.807, 2.05) is 29.5 Å². The Morgan fingerprint density at radius 2 is 1.23 bits per heavy atom. The van der Waals surface area contributed by atoms with Crippen molar-refractivity contribution in [2.75, 3.05) is 0 Å². The second-order valence-corrected chi connectivity index (χ2v) is 13.9. The Labute approximate surface area is 275 Å². The van der Waals surface area contributed by atoms with Crippen LogP contribution in [0.3, 0.4) is 0 Å². The second kappa shape index (κ2) is 10.2. The largest absolute Gasteiger partial charge is 0.456 e. The molecule has 3 heterocycles. The first-order valence-corrected chi connectivity index (χ1v) is 17.3. The van der Waals surface area contributed by atoms with Gasteiger partial charge in [-0.25, -0.2) is 0 Å². The number of nitrogens with two attached hydrogens (primary N) is 1. The number of para-hydroxylation sites is 3. The monoisotopic (exact) mass is 625 g/mol. The molecule has 226 valence electrons. The summed E-state index contributed by atoms with van der Waals surface area (Å²) >= 11 is 1.84. The number of allylic oxidation sites excluding steroid dienone is 1. The summed E-state index contributed by atoms with van der Waals surface area (Å²) in [6.45, 7) is 0. The molecule has 1 unspecified atom stereocenters.